The van der Waals surface area contributed by atoms with Crippen LogP contribution in [0.4, 0.5) is 9.18 Å². The zero-order valence-electron chi connectivity index (χ0n) is 26.1. The van der Waals surface area contributed by atoms with Crippen molar-refractivity contribution in [1.29, 1.82) is 0 Å². The first-order valence-electron chi connectivity index (χ1n) is 14.5. The molecule has 3 aromatic rings. The number of hydrogen-bond acceptors (Lipinski definition) is 6. The monoisotopic (exact) mass is 609 g/mol. The summed E-state index contributed by atoms with van der Waals surface area (Å²) in [7, 11) is 0. The summed E-state index contributed by atoms with van der Waals surface area (Å²) in [6.45, 7) is 5.55. The van der Waals surface area contributed by atoms with E-state index in [9.17, 15) is 28.7 Å². The van der Waals surface area contributed by atoms with Gasteiger partial charge in [-0.2, -0.15) is 0 Å². The second-order valence-electron chi connectivity index (χ2n) is 11.9. The molecule has 0 radical (unpaired) electrons. The third-order valence-corrected chi connectivity index (χ3v) is 7.28. The summed E-state index contributed by atoms with van der Waals surface area (Å²) < 4.78 is 20.0. The molecular formula is C34H37FLiN3O6. The van der Waals surface area contributed by atoms with Crippen LogP contribution in [0.25, 0.3) is 0 Å². The summed E-state index contributed by atoms with van der Waals surface area (Å²) in [5.41, 5.74) is 2.79. The summed E-state index contributed by atoms with van der Waals surface area (Å²) in [5.74, 6) is -2.35. The van der Waals surface area contributed by atoms with E-state index < -0.39 is 35.6 Å². The first-order chi connectivity index (χ1) is 20.9. The van der Waals surface area contributed by atoms with Gasteiger partial charge in [-0.25, -0.2) is 9.18 Å². The van der Waals surface area contributed by atoms with Crippen LogP contribution in [0.3, 0.4) is 0 Å². The Labute approximate surface area is 274 Å². The predicted octanol–water partition coefficient (Wildman–Crippen LogP) is 0.218. The van der Waals surface area contributed by atoms with E-state index in [-0.39, 0.29) is 63.0 Å². The molecule has 3 aromatic carbocycles. The molecule has 0 saturated carbocycles. The predicted molar refractivity (Wildman–Crippen MR) is 159 cm³/mol. The van der Waals surface area contributed by atoms with Crippen LogP contribution in [0.15, 0.2) is 72.8 Å². The van der Waals surface area contributed by atoms with E-state index in [1.54, 1.807) is 63.2 Å². The van der Waals surface area contributed by atoms with E-state index >= 15 is 0 Å². The Morgan fingerprint density at radius 2 is 1.58 bits per heavy atom. The number of carbonyl (C=O) groups is 4. The summed E-state index contributed by atoms with van der Waals surface area (Å²) >= 11 is 0. The Balaban J connectivity index is 0.00000552. The van der Waals surface area contributed by atoms with Gasteiger partial charge in [-0.05, 0) is 61.1 Å². The number of carboxylic acids is 1. The number of halogens is 1. The number of amides is 3. The molecule has 2 N–H and O–H groups in total. The van der Waals surface area contributed by atoms with Crippen molar-refractivity contribution in [2.24, 2.45) is 0 Å². The van der Waals surface area contributed by atoms with Crippen LogP contribution in [-0.2, 0) is 51.5 Å². The van der Waals surface area contributed by atoms with Crippen LogP contribution in [-0.4, -0.2) is 46.5 Å². The Morgan fingerprint density at radius 1 is 0.956 bits per heavy atom. The van der Waals surface area contributed by atoms with Gasteiger partial charge in [0.05, 0.1) is 0 Å². The van der Waals surface area contributed by atoms with Crippen LogP contribution in [0.2, 0.25) is 0 Å². The molecular weight excluding hydrogens is 572 g/mol. The molecule has 0 aliphatic carbocycles. The quantitative estimate of drug-likeness (QED) is 0.317. The molecule has 11 heteroatoms. The van der Waals surface area contributed by atoms with E-state index in [4.69, 9.17) is 4.74 Å². The van der Waals surface area contributed by atoms with Crippen molar-refractivity contribution >= 4 is 23.9 Å². The number of alkyl carbamates (subject to hydrolysis) is 1. The first kappa shape index (κ1) is 35.3. The molecule has 9 nitrogen and oxygen atoms in total. The zero-order chi connectivity index (χ0) is 31.9. The van der Waals surface area contributed by atoms with Crippen molar-refractivity contribution in [2.45, 2.75) is 77.2 Å². The average Bonchev–Trinajstić information content (AvgIpc) is 2.95. The maximum absolute atomic E-state index is 14.6. The summed E-state index contributed by atoms with van der Waals surface area (Å²) in [6.07, 6.45) is -0.760. The molecule has 3 amide bonds. The molecule has 0 aromatic heterocycles. The third-order valence-electron chi connectivity index (χ3n) is 7.28. The standard InChI is InChI=1S/C34H38FN3O6.Li/c1-34(2,3)44-33(43)37-27(17-25-9-6-7-11-28(25)35)19-30(39)38-21-26-10-5-4-8-24(26)18-29(38)32(42)36-20-23-14-12-22(13-15-23)16-31(40)41;/h4-15,27,29H,16-21H2,1-3H3,(H,36,42)(H,37,43)(H,40,41);/q;+1/p-1/t27-,29+;/m1./s1. The van der Waals surface area contributed by atoms with Crippen LogP contribution < -0.4 is 34.6 Å². The fraction of sp³-hybridized carbons (Fsp3) is 0.353. The third kappa shape index (κ3) is 10.5. The fourth-order valence-electron chi connectivity index (χ4n) is 5.17. The minimum absolute atomic E-state index is 0. The van der Waals surface area contributed by atoms with Crippen LogP contribution in [0.1, 0.15) is 55.0 Å². The molecule has 0 bridgehead atoms. The SMILES string of the molecule is CC(C)(C)OC(=O)N[C@@H](CC(=O)N1Cc2ccccc2C[C@H]1C(=O)NCc1ccc(CC(=O)[O-])cc1)Cc1ccccc1F.[Li+]. The van der Waals surface area contributed by atoms with Gasteiger partial charge < -0.3 is 30.2 Å². The number of fused-ring (bicyclic) bond motifs is 1. The molecule has 2 atom stereocenters. The van der Waals surface area contributed by atoms with Crippen molar-refractivity contribution in [2.75, 3.05) is 0 Å². The minimum Gasteiger partial charge on any atom is -0.550 e. The molecule has 232 valence electrons. The number of rotatable bonds is 10. The van der Waals surface area contributed by atoms with Gasteiger partial charge in [0.2, 0.25) is 11.8 Å². The molecule has 1 heterocycles. The minimum atomic E-state index is -1.18. The van der Waals surface area contributed by atoms with E-state index in [2.05, 4.69) is 10.6 Å². The van der Waals surface area contributed by atoms with Gasteiger partial charge in [0, 0.05) is 44.4 Å². The van der Waals surface area contributed by atoms with E-state index in [1.807, 2.05) is 24.3 Å². The Bertz CT molecular complexity index is 1510. The van der Waals surface area contributed by atoms with Crippen LogP contribution >= 0.6 is 0 Å². The van der Waals surface area contributed by atoms with Gasteiger partial charge in [-0.3, -0.25) is 9.59 Å². The summed E-state index contributed by atoms with van der Waals surface area (Å²) in [5, 5.41) is 16.5. The van der Waals surface area contributed by atoms with Crippen molar-refractivity contribution in [3.05, 3.63) is 106 Å². The summed E-state index contributed by atoms with van der Waals surface area (Å²) in [4.78, 5) is 52.5. The van der Waals surface area contributed by atoms with Crippen LogP contribution in [0.5, 0.6) is 0 Å². The number of nitrogens with one attached hydrogen (secondary N) is 2. The Kier molecular flexibility index (Phi) is 12.4. The molecule has 1 aliphatic rings. The molecule has 1 aliphatic heterocycles. The van der Waals surface area contributed by atoms with Crippen LogP contribution in [0, 0.1) is 5.82 Å². The maximum Gasteiger partial charge on any atom is 1.00 e. The molecule has 0 unspecified atom stereocenters. The van der Waals surface area contributed by atoms with Gasteiger partial charge in [0.25, 0.3) is 0 Å². The maximum atomic E-state index is 14.6. The second kappa shape index (κ2) is 15.7. The molecule has 0 spiro atoms. The summed E-state index contributed by atoms with van der Waals surface area (Å²) in [6, 6.07) is 18.9. The van der Waals surface area contributed by atoms with Crippen molar-refractivity contribution in [1.82, 2.24) is 15.5 Å². The largest absolute Gasteiger partial charge is 1.00 e. The number of ether oxygens (including phenoxy) is 1. The van der Waals surface area contributed by atoms with E-state index in [1.165, 1.54) is 11.0 Å². The Morgan fingerprint density at radius 3 is 2.22 bits per heavy atom. The number of carbonyl (C=O) groups excluding carboxylic acids is 4. The van der Waals surface area contributed by atoms with Gasteiger partial charge in [0.1, 0.15) is 17.5 Å². The topological polar surface area (TPSA) is 128 Å². The van der Waals surface area contributed by atoms with Crippen molar-refractivity contribution < 1.29 is 52.3 Å². The number of aliphatic carboxylic acids is 1. The van der Waals surface area contributed by atoms with Crippen molar-refractivity contribution in [3.8, 4) is 0 Å². The second-order valence-corrected chi connectivity index (χ2v) is 11.9. The normalized spacial score (nSPS) is 14.8. The molecule has 4 rings (SSSR count). The Hall–Kier alpha value is -4.13. The molecule has 0 fully saturated rings. The smallest absolute Gasteiger partial charge is 0.550 e. The van der Waals surface area contributed by atoms with Gasteiger partial charge in [-0.1, -0.05) is 66.7 Å². The van der Waals surface area contributed by atoms with Crippen molar-refractivity contribution in [3.63, 3.8) is 0 Å². The zero-order valence-corrected chi connectivity index (χ0v) is 26.1. The van der Waals surface area contributed by atoms with E-state index in [0.29, 0.717) is 17.5 Å². The average molecular weight is 610 g/mol. The molecule has 45 heavy (non-hydrogen) atoms. The van der Waals surface area contributed by atoms with Gasteiger partial charge in [-0.15, -0.1) is 0 Å². The van der Waals surface area contributed by atoms with E-state index in [0.717, 1.165) is 16.7 Å². The number of nitrogens with zero attached hydrogens (tertiary/aromatic N) is 1. The van der Waals surface area contributed by atoms with Gasteiger partial charge in [0.15, 0.2) is 0 Å². The molecule has 0 saturated heterocycles. The fourth-order valence-corrected chi connectivity index (χ4v) is 5.17. The number of carboxylic acid groups (broad SMARTS) is 1. The first-order valence-corrected chi connectivity index (χ1v) is 14.5. The number of benzene rings is 3. The van der Waals surface area contributed by atoms with Gasteiger partial charge >= 0.3 is 25.0 Å². The number of hydrogen-bond donors (Lipinski definition) is 2.